The average molecular weight is 288 g/mol. The lowest BCUT2D eigenvalue weighted by atomic mass is 10.2. The maximum absolute atomic E-state index is 11.8. The molecular weight excluding hydrogens is 278 g/mol. The number of aromatic nitrogens is 1. The van der Waals surface area contributed by atoms with Crippen molar-refractivity contribution >= 4 is 29.2 Å². The highest BCUT2D eigenvalue weighted by Crippen LogP contribution is 2.19. The van der Waals surface area contributed by atoms with Gasteiger partial charge in [-0.05, 0) is 6.42 Å². The lowest BCUT2D eigenvalue weighted by Crippen LogP contribution is -2.40. The summed E-state index contributed by atoms with van der Waals surface area (Å²) in [5.41, 5.74) is -0.645. The molecule has 0 bridgehead atoms. The van der Waals surface area contributed by atoms with E-state index in [0.29, 0.717) is 0 Å². The smallest absolute Gasteiger partial charge is 0.326 e. The number of pyridine rings is 1. The summed E-state index contributed by atoms with van der Waals surface area (Å²) in [6, 6.07) is -0.151. The SMILES string of the molecule is CC[C@@H](NC(=O)c1cc([N+](=O)[O-])cnc1Cl)C(=O)O. The highest BCUT2D eigenvalue weighted by molar-refractivity contribution is 6.32. The van der Waals surface area contributed by atoms with Gasteiger partial charge < -0.3 is 10.4 Å². The number of hydrogen-bond acceptors (Lipinski definition) is 5. The van der Waals surface area contributed by atoms with Crippen LogP contribution in [0.1, 0.15) is 23.7 Å². The Balaban J connectivity index is 3.02. The number of carbonyl (C=O) groups excluding carboxylic acids is 1. The van der Waals surface area contributed by atoms with E-state index in [9.17, 15) is 19.7 Å². The molecule has 1 aromatic rings. The number of carboxylic acids is 1. The Labute approximate surface area is 112 Å². The Morgan fingerprint density at radius 1 is 1.63 bits per heavy atom. The van der Waals surface area contributed by atoms with Gasteiger partial charge in [-0.3, -0.25) is 14.9 Å². The van der Waals surface area contributed by atoms with E-state index in [4.69, 9.17) is 16.7 Å². The number of rotatable bonds is 5. The van der Waals surface area contributed by atoms with Crippen molar-refractivity contribution in [2.45, 2.75) is 19.4 Å². The topological polar surface area (TPSA) is 122 Å². The molecule has 102 valence electrons. The number of amides is 1. The number of aliphatic carboxylic acids is 1. The van der Waals surface area contributed by atoms with Crippen molar-refractivity contribution in [2.75, 3.05) is 0 Å². The molecule has 0 radical (unpaired) electrons. The van der Waals surface area contributed by atoms with E-state index >= 15 is 0 Å². The summed E-state index contributed by atoms with van der Waals surface area (Å²) >= 11 is 5.66. The maximum Gasteiger partial charge on any atom is 0.326 e. The summed E-state index contributed by atoms with van der Waals surface area (Å²) in [6.07, 6.45) is 1.08. The fourth-order valence-electron chi connectivity index (χ4n) is 1.27. The number of nitrogens with one attached hydrogen (secondary N) is 1. The average Bonchev–Trinajstić information content (AvgIpc) is 2.35. The third-order valence-corrected chi connectivity index (χ3v) is 2.59. The zero-order valence-corrected chi connectivity index (χ0v) is 10.5. The predicted octanol–water partition coefficient (Wildman–Crippen LogP) is 1.24. The molecule has 0 unspecified atom stereocenters. The summed E-state index contributed by atoms with van der Waals surface area (Å²) in [6.45, 7) is 1.58. The fraction of sp³-hybridized carbons (Fsp3) is 0.300. The second-order valence-electron chi connectivity index (χ2n) is 3.56. The van der Waals surface area contributed by atoms with Crippen LogP contribution in [0.4, 0.5) is 5.69 Å². The van der Waals surface area contributed by atoms with Gasteiger partial charge in [0.25, 0.3) is 11.6 Å². The van der Waals surface area contributed by atoms with Crippen LogP contribution >= 0.6 is 11.6 Å². The highest BCUT2D eigenvalue weighted by atomic mass is 35.5. The molecule has 1 amide bonds. The lowest BCUT2D eigenvalue weighted by Gasteiger charge is -2.12. The van der Waals surface area contributed by atoms with Gasteiger partial charge in [0, 0.05) is 6.07 Å². The largest absolute Gasteiger partial charge is 0.480 e. The summed E-state index contributed by atoms with van der Waals surface area (Å²) in [7, 11) is 0. The lowest BCUT2D eigenvalue weighted by molar-refractivity contribution is -0.385. The molecule has 0 saturated carbocycles. The Hall–Kier alpha value is -2.22. The first kappa shape index (κ1) is 14.8. The van der Waals surface area contributed by atoms with Crippen LogP contribution in [0.15, 0.2) is 12.3 Å². The summed E-state index contributed by atoms with van der Waals surface area (Å²) in [5, 5.41) is 21.4. The molecule has 0 fully saturated rings. The predicted molar refractivity (Wildman–Crippen MR) is 65.1 cm³/mol. The van der Waals surface area contributed by atoms with E-state index in [-0.39, 0.29) is 17.1 Å². The van der Waals surface area contributed by atoms with Crippen molar-refractivity contribution in [2.24, 2.45) is 0 Å². The molecule has 1 aromatic heterocycles. The van der Waals surface area contributed by atoms with Crippen LogP contribution in [0.25, 0.3) is 0 Å². The van der Waals surface area contributed by atoms with Gasteiger partial charge in [0.2, 0.25) is 0 Å². The quantitative estimate of drug-likeness (QED) is 0.477. The first-order valence-corrected chi connectivity index (χ1v) is 5.58. The maximum atomic E-state index is 11.8. The van der Waals surface area contributed by atoms with Crippen molar-refractivity contribution in [1.82, 2.24) is 10.3 Å². The Morgan fingerprint density at radius 2 is 2.26 bits per heavy atom. The summed E-state index contributed by atoms with van der Waals surface area (Å²) in [5.74, 6) is -2.03. The molecule has 0 aliphatic carbocycles. The third kappa shape index (κ3) is 3.62. The molecule has 9 heteroatoms. The second-order valence-corrected chi connectivity index (χ2v) is 3.92. The standard InChI is InChI=1S/C10H10ClN3O5/c1-2-7(10(16)17)13-9(15)6-3-5(14(18)19)4-12-8(6)11/h3-4,7H,2H2,1H3,(H,13,15)(H,16,17)/t7-/m1/s1. The fourth-order valence-corrected chi connectivity index (χ4v) is 1.46. The third-order valence-electron chi connectivity index (χ3n) is 2.29. The van der Waals surface area contributed by atoms with Gasteiger partial charge in [0.1, 0.15) is 17.4 Å². The molecular formula is C10H10ClN3O5. The summed E-state index contributed by atoms with van der Waals surface area (Å²) < 4.78 is 0. The molecule has 0 aliphatic heterocycles. The molecule has 8 nitrogen and oxygen atoms in total. The van der Waals surface area contributed by atoms with Crippen molar-refractivity contribution in [3.8, 4) is 0 Å². The minimum atomic E-state index is -1.20. The number of hydrogen-bond donors (Lipinski definition) is 2. The van der Waals surface area contributed by atoms with E-state index in [2.05, 4.69) is 10.3 Å². The van der Waals surface area contributed by atoms with Crippen LogP contribution < -0.4 is 5.32 Å². The van der Waals surface area contributed by atoms with Gasteiger partial charge in [-0.2, -0.15) is 0 Å². The minimum absolute atomic E-state index is 0.168. The van der Waals surface area contributed by atoms with E-state index < -0.39 is 28.5 Å². The monoisotopic (exact) mass is 287 g/mol. The number of halogens is 1. The molecule has 0 saturated heterocycles. The molecule has 0 aromatic carbocycles. The highest BCUT2D eigenvalue weighted by Gasteiger charge is 2.22. The zero-order valence-electron chi connectivity index (χ0n) is 9.79. The van der Waals surface area contributed by atoms with Crippen molar-refractivity contribution in [3.63, 3.8) is 0 Å². The van der Waals surface area contributed by atoms with Crippen molar-refractivity contribution in [1.29, 1.82) is 0 Å². The van der Waals surface area contributed by atoms with Gasteiger partial charge in [0.05, 0.1) is 10.5 Å². The van der Waals surface area contributed by atoms with Gasteiger partial charge in [0.15, 0.2) is 0 Å². The van der Waals surface area contributed by atoms with Crippen LogP contribution in [0.3, 0.4) is 0 Å². The van der Waals surface area contributed by atoms with E-state index in [1.807, 2.05) is 0 Å². The number of carboxylic acid groups (broad SMARTS) is 1. The van der Waals surface area contributed by atoms with Crippen LogP contribution in [-0.4, -0.2) is 32.9 Å². The molecule has 2 N–H and O–H groups in total. The molecule has 0 aliphatic rings. The Morgan fingerprint density at radius 3 is 2.74 bits per heavy atom. The molecule has 0 spiro atoms. The van der Waals surface area contributed by atoms with Crippen LogP contribution in [0, 0.1) is 10.1 Å². The first-order valence-electron chi connectivity index (χ1n) is 5.20. The Bertz CT molecular complexity index is 534. The van der Waals surface area contributed by atoms with Crippen LogP contribution in [0.2, 0.25) is 5.15 Å². The molecule has 1 heterocycles. The van der Waals surface area contributed by atoms with Gasteiger partial charge in [-0.1, -0.05) is 18.5 Å². The minimum Gasteiger partial charge on any atom is -0.480 e. The Kier molecular flexibility index (Phi) is 4.76. The normalized spacial score (nSPS) is 11.7. The van der Waals surface area contributed by atoms with E-state index in [0.717, 1.165) is 12.3 Å². The van der Waals surface area contributed by atoms with E-state index in [1.165, 1.54) is 0 Å². The van der Waals surface area contributed by atoms with Crippen LogP contribution in [-0.2, 0) is 4.79 Å². The summed E-state index contributed by atoms with van der Waals surface area (Å²) in [4.78, 5) is 35.9. The first-order chi connectivity index (χ1) is 8.86. The second kappa shape index (κ2) is 6.10. The molecule has 1 rings (SSSR count). The van der Waals surface area contributed by atoms with Crippen molar-refractivity contribution < 1.29 is 19.6 Å². The number of nitro groups is 1. The van der Waals surface area contributed by atoms with E-state index in [1.54, 1.807) is 6.92 Å². The number of carbonyl (C=O) groups is 2. The van der Waals surface area contributed by atoms with Gasteiger partial charge in [-0.25, -0.2) is 9.78 Å². The zero-order chi connectivity index (χ0) is 14.6. The van der Waals surface area contributed by atoms with Gasteiger partial charge in [-0.15, -0.1) is 0 Å². The molecule has 19 heavy (non-hydrogen) atoms. The molecule has 1 atom stereocenters. The number of nitrogens with zero attached hydrogens (tertiary/aromatic N) is 2. The van der Waals surface area contributed by atoms with Gasteiger partial charge >= 0.3 is 5.97 Å². The van der Waals surface area contributed by atoms with Crippen molar-refractivity contribution in [3.05, 3.63) is 33.1 Å². The van der Waals surface area contributed by atoms with Crippen LogP contribution in [0.5, 0.6) is 0 Å².